The second kappa shape index (κ2) is 9.75. The fourth-order valence-corrected chi connectivity index (χ4v) is 3.47. The number of carbonyl (C=O) groups excluding carboxylic acids is 2. The third-order valence-corrected chi connectivity index (χ3v) is 5.15. The molecule has 1 fully saturated rings. The van der Waals surface area contributed by atoms with Gasteiger partial charge in [-0.25, -0.2) is 0 Å². The molecule has 0 bridgehead atoms. The number of benzene rings is 2. The van der Waals surface area contributed by atoms with E-state index in [0.29, 0.717) is 50.6 Å². The first kappa shape index (κ1) is 21.8. The predicted molar refractivity (Wildman–Crippen MR) is 119 cm³/mol. The third-order valence-electron chi connectivity index (χ3n) is 5.15. The highest BCUT2D eigenvalue weighted by Gasteiger charge is 2.17. The lowest BCUT2D eigenvalue weighted by Gasteiger charge is -2.27. The number of amides is 2. The molecule has 0 radical (unpaired) electrons. The molecule has 1 saturated heterocycles. The van der Waals surface area contributed by atoms with Crippen LogP contribution in [-0.2, 0) is 22.6 Å². The van der Waals surface area contributed by atoms with Gasteiger partial charge in [-0.05, 0) is 42.0 Å². The van der Waals surface area contributed by atoms with Crippen molar-refractivity contribution in [1.82, 2.24) is 9.47 Å². The highest BCUT2D eigenvalue weighted by atomic mass is 35.5. The Hall–Kier alpha value is -2.87. The number of morpholine rings is 1. The first-order chi connectivity index (χ1) is 14.1. The van der Waals surface area contributed by atoms with Crippen LogP contribution in [0.1, 0.15) is 15.9 Å². The lowest BCUT2D eigenvalue weighted by Crippen LogP contribution is -2.42. The van der Waals surface area contributed by atoms with Crippen molar-refractivity contribution < 1.29 is 14.3 Å². The van der Waals surface area contributed by atoms with Crippen LogP contribution in [0.2, 0.25) is 0 Å². The standard InChI is InChI=1S/C22H24N4O3.ClH/c23-14-16-1-3-17(4-2-16)22(28)24-19-5-6-20-18(13-19)7-8-26(20)15-21(27)25-9-11-29-12-10-25;/h1-8,13H,9-12,14-15,23H2,(H,24,28);1H. The van der Waals surface area contributed by atoms with Crippen LogP contribution in [0.4, 0.5) is 5.69 Å². The van der Waals surface area contributed by atoms with Gasteiger partial charge in [0.1, 0.15) is 6.54 Å². The Balaban J connectivity index is 0.00000256. The first-order valence-electron chi connectivity index (χ1n) is 9.69. The molecule has 8 heteroatoms. The van der Waals surface area contributed by atoms with Crippen LogP contribution in [-0.4, -0.2) is 47.6 Å². The Morgan fingerprint density at radius 2 is 1.77 bits per heavy atom. The van der Waals surface area contributed by atoms with Gasteiger partial charge >= 0.3 is 0 Å². The summed E-state index contributed by atoms with van der Waals surface area (Å²) in [4.78, 5) is 26.8. The van der Waals surface area contributed by atoms with E-state index in [1.54, 1.807) is 12.1 Å². The summed E-state index contributed by atoms with van der Waals surface area (Å²) in [6.07, 6.45) is 1.90. The fraction of sp³-hybridized carbons (Fsp3) is 0.273. The van der Waals surface area contributed by atoms with Gasteiger partial charge in [-0.1, -0.05) is 12.1 Å². The molecule has 7 nitrogen and oxygen atoms in total. The number of anilines is 1. The predicted octanol–water partition coefficient (Wildman–Crippen LogP) is 2.63. The van der Waals surface area contributed by atoms with Gasteiger partial charge in [-0.15, -0.1) is 12.4 Å². The molecule has 0 saturated carbocycles. The van der Waals surface area contributed by atoms with Crippen molar-refractivity contribution in [3.63, 3.8) is 0 Å². The molecule has 3 aromatic rings. The minimum atomic E-state index is -0.171. The number of nitrogens with two attached hydrogens (primary N) is 1. The van der Waals surface area contributed by atoms with Crippen molar-refractivity contribution in [2.24, 2.45) is 5.73 Å². The number of aromatic nitrogens is 1. The Kier molecular flexibility index (Phi) is 7.10. The molecule has 30 heavy (non-hydrogen) atoms. The Labute approximate surface area is 181 Å². The second-order valence-electron chi connectivity index (χ2n) is 7.07. The van der Waals surface area contributed by atoms with Crippen LogP contribution in [0.3, 0.4) is 0 Å². The van der Waals surface area contributed by atoms with Crippen LogP contribution in [0.5, 0.6) is 0 Å². The highest BCUT2D eigenvalue weighted by molar-refractivity contribution is 6.05. The van der Waals surface area contributed by atoms with Gasteiger partial charge in [0, 0.05) is 48.0 Å². The number of nitrogens with zero attached hydrogens (tertiary/aromatic N) is 2. The average molecular weight is 429 g/mol. The van der Waals surface area contributed by atoms with Gasteiger partial charge in [0.15, 0.2) is 0 Å². The summed E-state index contributed by atoms with van der Waals surface area (Å²) in [6, 6.07) is 14.9. The van der Waals surface area contributed by atoms with Gasteiger partial charge in [0.05, 0.1) is 13.2 Å². The minimum absolute atomic E-state index is 0. The lowest BCUT2D eigenvalue weighted by molar-refractivity contribution is -0.135. The monoisotopic (exact) mass is 428 g/mol. The van der Waals surface area contributed by atoms with Gasteiger partial charge in [-0.2, -0.15) is 0 Å². The number of carbonyl (C=O) groups is 2. The van der Waals surface area contributed by atoms with Crippen molar-refractivity contribution in [1.29, 1.82) is 0 Å². The normalized spacial score (nSPS) is 13.7. The summed E-state index contributed by atoms with van der Waals surface area (Å²) in [5, 5.41) is 3.89. The number of nitrogens with one attached hydrogen (secondary N) is 1. The summed E-state index contributed by atoms with van der Waals surface area (Å²) >= 11 is 0. The number of rotatable bonds is 5. The van der Waals surface area contributed by atoms with E-state index in [9.17, 15) is 9.59 Å². The van der Waals surface area contributed by atoms with Crippen LogP contribution in [0, 0.1) is 0 Å². The average Bonchev–Trinajstić information content (AvgIpc) is 3.16. The maximum Gasteiger partial charge on any atom is 0.255 e. The van der Waals surface area contributed by atoms with Crippen molar-refractivity contribution in [3.05, 3.63) is 65.9 Å². The number of halogens is 1. The van der Waals surface area contributed by atoms with Crippen molar-refractivity contribution in [2.75, 3.05) is 31.6 Å². The number of hydrogen-bond acceptors (Lipinski definition) is 4. The molecule has 4 rings (SSSR count). The molecular formula is C22H25ClN4O3. The number of ether oxygens (including phenoxy) is 1. The summed E-state index contributed by atoms with van der Waals surface area (Å²) in [5.41, 5.74) is 8.82. The molecule has 0 unspecified atom stereocenters. The first-order valence-corrected chi connectivity index (χ1v) is 9.69. The third kappa shape index (κ3) is 4.81. The largest absolute Gasteiger partial charge is 0.378 e. The van der Waals surface area contributed by atoms with Gasteiger partial charge in [-0.3, -0.25) is 9.59 Å². The van der Waals surface area contributed by atoms with Gasteiger partial charge < -0.3 is 25.3 Å². The highest BCUT2D eigenvalue weighted by Crippen LogP contribution is 2.21. The van der Waals surface area contributed by atoms with Crippen molar-refractivity contribution >= 4 is 40.8 Å². The van der Waals surface area contributed by atoms with Gasteiger partial charge in [0.25, 0.3) is 5.91 Å². The molecule has 0 aliphatic carbocycles. The molecule has 2 heterocycles. The van der Waals surface area contributed by atoms with E-state index in [2.05, 4.69) is 5.32 Å². The van der Waals surface area contributed by atoms with E-state index in [-0.39, 0.29) is 24.2 Å². The molecule has 2 aromatic carbocycles. The maximum absolute atomic E-state index is 12.5. The Bertz CT molecular complexity index is 1030. The summed E-state index contributed by atoms with van der Waals surface area (Å²) < 4.78 is 7.24. The molecule has 3 N–H and O–H groups in total. The number of hydrogen-bond donors (Lipinski definition) is 2. The Morgan fingerprint density at radius 1 is 1.03 bits per heavy atom. The van der Waals surface area contributed by atoms with E-state index in [1.165, 1.54) is 0 Å². The molecule has 2 amide bonds. The van der Waals surface area contributed by atoms with Crippen molar-refractivity contribution in [2.45, 2.75) is 13.1 Å². The second-order valence-corrected chi connectivity index (χ2v) is 7.07. The lowest BCUT2D eigenvalue weighted by atomic mass is 10.1. The van der Waals surface area contributed by atoms with Crippen molar-refractivity contribution in [3.8, 4) is 0 Å². The SMILES string of the molecule is Cl.NCc1ccc(C(=O)Nc2ccc3c(ccn3CC(=O)N3CCOCC3)c2)cc1. The smallest absolute Gasteiger partial charge is 0.255 e. The zero-order valence-corrected chi connectivity index (χ0v) is 17.4. The zero-order chi connectivity index (χ0) is 20.2. The van der Waals surface area contributed by atoms with E-state index in [1.807, 2.05) is 52.1 Å². The molecular weight excluding hydrogens is 404 g/mol. The van der Waals surface area contributed by atoms with E-state index in [4.69, 9.17) is 10.5 Å². The molecule has 158 valence electrons. The van der Waals surface area contributed by atoms with Crippen LogP contribution in [0.25, 0.3) is 10.9 Å². The molecule has 0 atom stereocenters. The van der Waals surface area contributed by atoms with Crippen LogP contribution >= 0.6 is 12.4 Å². The molecule has 1 aromatic heterocycles. The summed E-state index contributed by atoms with van der Waals surface area (Å²) in [5.74, 6) is -0.0843. The van der Waals surface area contributed by atoms with E-state index in [0.717, 1.165) is 16.5 Å². The fourth-order valence-electron chi connectivity index (χ4n) is 3.47. The summed E-state index contributed by atoms with van der Waals surface area (Å²) in [7, 11) is 0. The van der Waals surface area contributed by atoms with E-state index >= 15 is 0 Å². The maximum atomic E-state index is 12.5. The molecule has 0 spiro atoms. The topological polar surface area (TPSA) is 89.6 Å². The van der Waals surface area contributed by atoms with Gasteiger partial charge in [0.2, 0.25) is 5.91 Å². The molecule has 1 aliphatic heterocycles. The quantitative estimate of drug-likeness (QED) is 0.653. The zero-order valence-electron chi connectivity index (χ0n) is 16.5. The minimum Gasteiger partial charge on any atom is -0.378 e. The molecule has 1 aliphatic rings. The van der Waals surface area contributed by atoms with Crippen LogP contribution < -0.4 is 11.1 Å². The Morgan fingerprint density at radius 3 is 2.47 bits per heavy atom. The van der Waals surface area contributed by atoms with E-state index < -0.39 is 0 Å². The van der Waals surface area contributed by atoms with Crippen LogP contribution in [0.15, 0.2) is 54.7 Å². The summed E-state index contributed by atoms with van der Waals surface area (Å²) in [6.45, 7) is 3.21. The number of fused-ring (bicyclic) bond motifs is 1.